The van der Waals surface area contributed by atoms with Crippen molar-refractivity contribution in [2.24, 2.45) is 5.92 Å². The van der Waals surface area contributed by atoms with E-state index in [1.165, 1.54) is 0 Å². The molecular weight excluding hydrogens is 152 g/mol. The SMILES string of the molecule is CCC(O)(CC)C(=O)CC(C)C. The van der Waals surface area contributed by atoms with E-state index in [1.807, 2.05) is 27.7 Å². The van der Waals surface area contributed by atoms with Crippen molar-refractivity contribution in [1.82, 2.24) is 0 Å². The van der Waals surface area contributed by atoms with Gasteiger partial charge in [-0.25, -0.2) is 0 Å². The maximum Gasteiger partial charge on any atom is 0.164 e. The minimum Gasteiger partial charge on any atom is -0.382 e. The lowest BCUT2D eigenvalue weighted by molar-refractivity contribution is -0.138. The topological polar surface area (TPSA) is 37.3 Å². The fourth-order valence-corrected chi connectivity index (χ4v) is 1.21. The quantitative estimate of drug-likeness (QED) is 0.690. The van der Waals surface area contributed by atoms with E-state index in [-0.39, 0.29) is 5.78 Å². The van der Waals surface area contributed by atoms with Gasteiger partial charge in [0.1, 0.15) is 5.60 Å². The van der Waals surface area contributed by atoms with E-state index in [2.05, 4.69) is 0 Å². The molecule has 0 saturated heterocycles. The first-order valence-corrected chi connectivity index (χ1v) is 4.72. The smallest absolute Gasteiger partial charge is 0.164 e. The number of rotatable bonds is 5. The summed E-state index contributed by atoms with van der Waals surface area (Å²) in [6.07, 6.45) is 1.53. The molecule has 0 saturated carbocycles. The Morgan fingerprint density at radius 3 is 2.00 bits per heavy atom. The van der Waals surface area contributed by atoms with Crippen molar-refractivity contribution in [2.45, 2.75) is 52.6 Å². The number of hydrogen-bond donors (Lipinski definition) is 1. The Morgan fingerprint density at radius 1 is 1.33 bits per heavy atom. The Balaban J connectivity index is 4.22. The highest BCUT2D eigenvalue weighted by Crippen LogP contribution is 2.19. The first kappa shape index (κ1) is 11.6. The van der Waals surface area contributed by atoms with E-state index in [0.717, 1.165) is 0 Å². The van der Waals surface area contributed by atoms with Gasteiger partial charge in [0.15, 0.2) is 5.78 Å². The summed E-state index contributed by atoms with van der Waals surface area (Å²) in [5.41, 5.74) is -1.07. The lowest BCUT2D eigenvalue weighted by Gasteiger charge is -2.24. The predicted octanol–water partition coefficient (Wildman–Crippen LogP) is 2.15. The molecule has 0 fully saturated rings. The van der Waals surface area contributed by atoms with Crippen molar-refractivity contribution in [3.05, 3.63) is 0 Å². The summed E-state index contributed by atoms with van der Waals surface area (Å²) in [5, 5.41) is 9.80. The molecule has 0 heterocycles. The van der Waals surface area contributed by atoms with Gasteiger partial charge in [0.2, 0.25) is 0 Å². The molecule has 0 bridgehead atoms. The summed E-state index contributed by atoms with van der Waals surface area (Å²) in [7, 11) is 0. The third kappa shape index (κ3) is 2.94. The van der Waals surface area contributed by atoms with Gasteiger partial charge in [-0.2, -0.15) is 0 Å². The molecule has 0 aliphatic heterocycles. The Morgan fingerprint density at radius 2 is 1.75 bits per heavy atom. The maximum atomic E-state index is 11.5. The molecule has 0 aromatic heterocycles. The molecule has 0 unspecified atom stereocenters. The maximum absolute atomic E-state index is 11.5. The van der Waals surface area contributed by atoms with Gasteiger partial charge < -0.3 is 5.11 Å². The van der Waals surface area contributed by atoms with Gasteiger partial charge >= 0.3 is 0 Å². The lowest BCUT2D eigenvalue weighted by atomic mass is 9.88. The molecule has 72 valence electrons. The van der Waals surface area contributed by atoms with Gasteiger partial charge in [-0.3, -0.25) is 4.79 Å². The van der Waals surface area contributed by atoms with Gasteiger partial charge in [-0.15, -0.1) is 0 Å². The highest BCUT2D eigenvalue weighted by atomic mass is 16.3. The molecule has 0 atom stereocenters. The summed E-state index contributed by atoms with van der Waals surface area (Å²) in [6, 6.07) is 0. The van der Waals surface area contributed by atoms with Crippen LogP contribution >= 0.6 is 0 Å². The Hall–Kier alpha value is -0.370. The average molecular weight is 172 g/mol. The molecule has 0 aromatic rings. The van der Waals surface area contributed by atoms with Gasteiger partial charge in [-0.1, -0.05) is 27.7 Å². The third-order valence-corrected chi connectivity index (χ3v) is 2.28. The standard InChI is InChI=1S/C10H20O2/c1-5-10(12,6-2)9(11)7-8(3)4/h8,12H,5-7H2,1-4H3. The normalized spacial score (nSPS) is 12.2. The molecule has 0 amide bonds. The van der Waals surface area contributed by atoms with Crippen molar-refractivity contribution in [3.63, 3.8) is 0 Å². The monoisotopic (exact) mass is 172 g/mol. The zero-order valence-corrected chi connectivity index (χ0v) is 8.55. The van der Waals surface area contributed by atoms with Crippen molar-refractivity contribution in [3.8, 4) is 0 Å². The molecule has 0 radical (unpaired) electrons. The second-order valence-corrected chi connectivity index (χ2v) is 3.76. The van der Waals surface area contributed by atoms with Gasteiger partial charge in [0, 0.05) is 6.42 Å². The number of Topliss-reactive ketones (excluding diaryl/α,β-unsaturated/α-hetero) is 1. The number of ketones is 1. The molecule has 0 aliphatic rings. The molecule has 0 spiro atoms. The van der Waals surface area contributed by atoms with Crippen LogP contribution in [0.1, 0.15) is 47.0 Å². The van der Waals surface area contributed by atoms with Gasteiger partial charge in [0.25, 0.3) is 0 Å². The van der Waals surface area contributed by atoms with Crippen molar-refractivity contribution >= 4 is 5.78 Å². The minimum atomic E-state index is -1.07. The summed E-state index contributed by atoms with van der Waals surface area (Å²) in [6.45, 7) is 7.68. The van der Waals surface area contributed by atoms with E-state index in [4.69, 9.17) is 0 Å². The molecule has 2 nitrogen and oxygen atoms in total. The third-order valence-electron chi connectivity index (χ3n) is 2.28. The van der Waals surface area contributed by atoms with Crippen LogP contribution in [0.3, 0.4) is 0 Å². The minimum absolute atomic E-state index is 0.0116. The van der Waals surface area contributed by atoms with E-state index in [1.54, 1.807) is 0 Å². The number of carbonyl (C=O) groups excluding carboxylic acids is 1. The lowest BCUT2D eigenvalue weighted by Crippen LogP contribution is -2.37. The largest absolute Gasteiger partial charge is 0.382 e. The van der Waals surface area contributed by atoms with Crippen molar-refractivity contribution in [1.29, 1.82) is 0 Å². The number of aliphatic hydroxyl groups is 1. The van der Waals surface area contributed by atoms with E-state index in [0.29, 0.717) is 25.2 Å². The summed E-state index contributed by atoms with van der Waals surface area (Å²) < 4.78 is 0. The fraction of sp³-hybridized carbons (Fsp3) is 0.900. The van der Waals surface area contributed by atoms with Gasteiger partial charge in [-0.05, 0) is 18.8 Å². The van der Waals surface area contributed by atoms with Crippen LogP contribution < -0.4 is 0 Å². The molecule has 0 aliphatic carbocycles. The number of hydrogen-bond acceptors (Lipinski definition) is 2. The molecular formula is C10H20O2. The second-order valence-electron chi connectivity index (χ2n) is 3.76. The van der Waals surface area contributed by atoms with Crippen LogP contribution in [0.25, 0.3) is 0 Å². The first-order chi connectivity index (χ1) is 5.46. The van der Waals surface area contributed by atoms with Crippen LogP contribution in [-0.2, 0) is 4.79 Å². The van der Waals surface area contributed by atoms with Crippen LogP contribution in [0.2, 0.25) is 0 Å². The average Bonchev–Trinajstić information content (AvgIpc) is 2.02. The Labute approximate surface area is 75.0 Å². The van der Waals surface area contributed by atoms with Crippen LogP contribution in [0.5, 0.6) is 0 Å². The van der Waals surface area contributed by atoms with Crippen LogP contribution in [0.15, 0.2) is 0 Å². The molecule has 12 heavy (non-hydrogen) atoms. The zero-order chi connectivity index (χ0) is 9.78. The summed E-state index contributed by atoms with van der Waals surface area (Å²) >= 11 is 0. The highest BCUT2D eigenvalue weighted by Gasteiger charge is 2.31. The van der Waals surface area contributed by atoms with Crippen molar-refractivity contribution in [2.75, 3.05) is 0 Å². The van der Waals surface area contributed by atoms with Crippen molar-refractivity contribution < 1.29 is 9.90 Å². The second kappa shape index (κ2) is 4.61. The van der Waals surface area contributed by atoms with E-state index in [9.17, 15) is 9.90 Å². The van der Waals surface area contributed by atoms with Crippen LogP contribution in [-0.4, -0.2) is 16.5 Å². The fourth-order valence-electron chi connectivity index (χ4n) is 1.21. The Kier molecular flexibility index (Phi) is 4.46. The first-order valence-electron chi connectivity index (χ1n) is 4.72. The Bertz CT molecular complexity index is 146. The molecule has 0 rings (SSSR count). The molecule has 2 heteroatoms. The van der Waals surface area contributed by atoms with Crippen LogP contribution in [0.4, 0.5) is 0 Å². The van der Waals surface area contributed by atoms with E-state index >= 15 is 0 Å². The predicted molar refractivity (Wildman–Crippen MR) is 50.0 cm³/mol. The molecule has 1 N–H and O–H groups in total. The molecule has 0 aromatic carbocycles. The summed E-state index contributed by atoms with van der Waals surface area (Å²) in [5.74, 6) is 0.324. The van der Waals surface area contributed by atoms with E-state index < -0.39 is 5.60 Å². The van der Waals surface area contributed by atoms with Gasteiger partial charge in [0.05, 0.1) is 0 Å². The van der Waals surface area contributed by atoms with Crippen LogP contribution in [0, 0.1) is 5.92 Å². The highest BCUT2D eigenvalue weighted by molar-refractivity contribution is 5.87. The number of carbonyl (C=O) groups is 1. The summed E-state index contributed by atoms with van der Waals surface area (Å²) in [4.78, 5) is 11.5. The zero-order valence-electron chi connectivity index (χ0n) is 8.55.